The van der Waals surface area contributed by atoms with Crippen LogP contribution in [0.25, 0.3) is 6.08 Å². The van der Waals surface area contributed by atoms with Crippen LogP contribution in [0.4, 0.5) is 0 Å². The minimum Gasteiger partial charge on any atom is -0.343 e. The standard InChI is InChI=1S/C23H27Br2ClN2O.C5H6NO.C2H4/c1-3-15-5-6-17-13-18(26)14-19(25)21(17)22(23(15)27-10-9-24)16-7-11-28(12-8-16)20(29)4-2;7-6-4-2-1-3-5-6;1-2/h5-6,10,13-14,16,22H,3-4,7-9,11-12H2,1-2H3;1-5,7H;1-2H2/q;+1;. The molecule has 1 amide bonds. The molecule has 1 N–H and O–H groups in total. The Morgan fingerprint density at radius 3 is 2.37 bits per heavy atom. The Morgan fingerprint density at radius 1 is 1.18 bits per heavy atom. The molecule has 1 saturated heterocycles. The summed E-state index contributed by atoms with van der Waals surface area (Å²) in [5, 5.41) is 10.0. The first kappa shape index (κ1) is 32.0. The number of alkyl halides is 1. The molecule has 2 heterocycles. The molecule has 2 aromatic rings. The average molecular weight is 667 g/mol. The number of hydrogen-bond donors (Lipinski definition) is 1. The molecular weight excluding hydrogens is 630 g/mol. The number of rotatable bonds is 5. The predicted octanol–water partition coefficient (Wildman–Crippen LogP) is 8.00. The molecule has 4 rings (SSSR count). The smallest absolute Gasteiger partial charge is 0.222 e. The third-order valence-electron chi connectivity index (χ3n) is 6.57. The maximum absolute atomic E-state index is 12.2. The third-order valence-corrected chi connectivity index (χ3v) is 7.74. The fraction of sp³-hybridized carbons (Fsp3) is 0.367. The zero-order valence-corrected chi connectivity index (χ0v) is 26.1. The minimum absolute atomic E-state index is 0.177. The molecule has 1 aromatic carbocycles. The summed E-state index contributed by atoms with van der Waals surface area (Å²) in [6.45, 7) is 11.8. The molecule has 5 nitrogen and oxygen atoms in total. The van der Waals surface area contributed by atoms with Crippen LogP contribution in [0.15, 0.2) is 82.7 Å². The molecule has 2 aliphatic rings. The van der Waals surface area contributed by atoms with Gasteiger partial charge < -0.3 is 4.90 Å². The molecule has 1 aliphatic carbocycles. The first-order valence-electron chi connectivity index (χ1n) is 12.8. The van der Waals surface area contributed by atoms with Crippen LogP contribution in [-0.4, -0.2) is 40.6 Å². The summed E-state index contributed by atoms with van der Waals surface area (Å²) in [5.74, 6) is 0.855. The average Bonchev–Trinajstić information content (AvgIpc) is 3.10. The molecule has 1 unspecified atom stereocenters. The van der Waals surface area contributed by atoms with Crippen molar-refractivity contribution in [3.63, 3.8) is 0 Å². The Hall–Kier alpha value is -2.22. The van der Waals surface area contributed by atoms with Gasteiger partial charge in [0.05, 0.1) is 5.70 Å². The Morgan fingerprint density at radius 2 is 1.84 bits per heavy atom. The molecule has 1 aliphatic heterocycles. The van der Waals surface area contributed by atoms with Crippen molar-refractivity contribution in [1.82, 2.24) is 4.90 Å². The van der Waals surface area contributed by atoms with Crippen LogP contribution in [0.3, 0.4) is 0 Å². The van der Waals surface area contributed by atoms with E-state index in [2.05, 4.69) is 64.1 Å². The molecule has 0 radical (unpaired) electrons. The Labute approximate surface area is 248 Å². The van der Waals surface area contributed by atoms with E-state index in [1.165, 1.54) is 11.1 Å². The van der Waals surface area contributed by atoms with E-state index in [4.69, 9.17) is 21.8 Å². The van der Waals surface area contributed by atoms with Crippen LogP contribution in [0.5, 0.6) is 0 Å². The van der Waals surface area contributed by atoms with Crippen molar-refractivity contribution in [2.24, 2.45) is 10.9 Å². The number of aliphatic imine (C=N–C) groups is 1. The highest BCUT2D eigenvalue weighted by Gasteiger charge is 2.35. The normalized spacial score (nSPS) is 17.2. The number of pyridine rings is 1. The molecule has 0 spiro atoms. The van der Waals surface area contributed by atoms with Crippen LogP contribution in [0.2, 0.25) is 5.02 Å². The number of allylic oxidation sites excluding steroid dienone is 3. The number of piperidine rings is 1. The second-order valence-electron chi connectivity index (χ2n) is 8.76. The topological polar surface area (TPSA) is 56.8 Å². The van der Waals surface area contributed by atoms with Gasteiger partial charge in [0.2, 0.25) is 18.3 Å². The van der Waals surface area contributed by atoms with Crippen molar-refractivity contribution in [3.8, 4) is 0 Å². The largest absolute Gasteiger partial charge is 0.343 e. The number of hydrogen-bond acceptors (Lipinski definition) is 3. The monoisotopic (exact) mass is 664 g/mol. The quantitative estimate of drug-likeness (QED) is 0.116. The number of benzene rings is 1. The van der Waals surface area contributed by atoms with Crippen molar-refractivity contribution >= 4 is 61.7 Å². The maximum atomic E-state index is 12.2. The van der Waals surface area contributed by atoms with Crippen molar-refractivity contribution in [2.45, 2.75) is 45.4 Å². The second kappa shape index (κ2) is 16.7. The SMILES string of the molecule is C=C.CCC(=O)N1CCC(C2C(N=CCBr)=C(CC)C=Cc3cc(Cl)cc(Br)c32)CC1.O[n+]1ccccc1. The summed E-state index contributed by atoms with van der Waals surface area (Å²) in [4.78, 5) is 19.1. The number of carbonyl (C=O) groups is 1. The lowest BCUT2D eigenvalue weighted by atomic mass is 9.76. The molecule has 0 saturated carbocycles. The number of carbonyl (C=O) groups excluding carboxylic acids is 1. The van der Waals surface area contributed by atoms with E-state index in [0.717, 1.165) is 63.2 Å². The predicted molar refractivity (Wildman–Crippen MR) is 165 cm³/mol. The number of nitrogens with zero attached hydrogens (tertiary/aromatic N) is 3. The van der Waals surface area contributed by atoms with E-state index in [-0.39, 0.29) is 11.8 Å². The summed E-state index contributed by atoms with van der Waals surface area (Å²) in [6, 6.07) is 9.37. The highest BCUT2D eigenvalue weighted by atomic mass is 79.9. The first-order valence-corrected chi connectivity index (χ1v) is 15.1. The molecule has 38 heavy (non-hydrogen) atoms. The summed E-state index contributed by atoms with van der Waals surface area (Å²) in [5.41, 5.74) is 4.82. The van der Waals surface area contributed by atoms with Crippen molar-refractivity contribution in [3.05, 3.63) is 93.9 Å². The second-order valence-corrected chi connectivity index (χ2v) is 10.7. The lowest BCUT2D eigenvalue weighted by Crippen LogP contribution is -2.39. The van der Waals surface area contributed by atoms with Gasteiger partial charge in [-0.1, -0.05) is 75.5 Å². The van der Waals surface area contributed by atoms with Crippen LogP contribution in [0, 0.1) is 5.92 Å². The molecule has 0 bridgehead atoms. The van der Waals surface area contributed by atoms with E-state index < -0.39 is 0 Å². The number of likely N-dealkylation sites (tertiary alicyclic amines) is 1. The van der Waals surface area contributed by atoms with Crippen molar-refractivity contribution in [1.29, 1.82) is 0 Å². The number of fused-ring (bicyclic) bond motifs is 1. The van der Waals surface area contributed by atoms with E-state index in [0.29, 0.717) is 12.3 Å². The summed E-state index contributed by atoms with van der Waals surface area (Å²) in [7, 11) is 0. The zero-order valence-electron chi connectivity index (χ0n) is 22.1. The minimum atomic E-state index is 0.177. The van der Waals surface area contributed by atoms with Gasteiger partial charge in [-0.15, -0.1) is 13.2 Å². The van der Waals surface area contributed by atoms with Gasteiger partial charge in [0, 0.05) is 63.3 Å². The Kier molecular flexibility index (Phi) is 14.0. The lowest BCUT2D eigenvalue weighted by Gasteiger charge is -2.37. The van der Waals surface area contributed by atoms with E-state index >= 15 is 0 Å². The van der Waals surface area contributed by atoms with Gasteiger partial charge >= 0.3 is 0 Å². The van der Waals surface area contributed by atoms with Crippen LogP contribution in [-0.2, 0) is 4.79 Å². The van der Waals surface area contributed by atoms with Crippen molar-refractivity contribution in [2.75, 3.05) is 18.4 Å². The van der Waals surface area contributed by atoms with Gasteiger partial charge in [-0.2, -0.15) is 0 Å². The lowest BCUT2D eigenvalue weighted by molar-refractivity contribution is -0.904. The number of aromatic nitrogens is 1. The molecule has 1 aromatic heterocycles. The van der Waals surface area contributed by atoms with Crippen LogP contribution < -0.4 is 4.73 Å². The number of halogens is 3. The summed E-state index contributed by atoms with van der Waals surface area (Å²) >= 11 is 13.6. The zero-order chi connectivity index (χ0) is 28.1. The van der Waals surface area contributed by atoms with E-state index in [1.54, 1.807) is 24.5 Å². The van der Waals surface area contributed by atoms with Gasteiger partial charge in [0.1, 0.15) is 0 Å². The third kappa shape index (κ3) is 8.65. The molecular formula is C30H37Br2ClN3O2+. The molecule has 204 valence electrons. The highest BCUT2D eigenvalue weighted by molar-refractivity contribution is 9.10. The van der Waals surface area contributed by atoms with Gasteiger partial charge in [-0.05, 0) is 54.0 Å². The van der Waals surface area contributed by atoms with Crippen LogP contribution >= 0.6 is 43.5 Å². The Bertz CT molecular complexity index is 1140. The van der Waals surface area contributed by atoms with Gasteiger partial charge in [0.25, 0.3) is 0 Å². The van der Waals surface area contributed by atoms with E-state index in [9.17, 15) is 4.79 Å². The number of amides is 1. The van der Waals surface area contributed by atoms with Gasteiger partial charge in [-0.25, -0.2) is 0 Å². The molecule has 1 atom stereocenters. The van der Waals surface area contributed by atoms with E-state index in [1.807, 2.05) is 36.2 Å². The van der Waals surface area contributed by atoms with Crippen LogP contribution in [0.1, 0.15) is 56.6 Å². The summed E-state index contributed by atoms with van der Waals surface area (Å²) < 4.78 is 2.03. The Balaban J connectivity index is 0.000000481. The van der Waals surface area contributed by atoms with Gasteiger partial charge in [-0.3, -0.25) is 15.0 Å². The fourth-order valence-corrected chi connectivity index (χ4v) is 6.06. The fourth-order valence-electron chi connectivity index (χ4n) is 4.83. The highest BCUT2D eigenvalue weighted by Crippen LogP contribution is 2.47. The van der Waals surface area contributed by atoms with Gasteiger partial charge in [0.15, 0.2) is 0 Å². The molecule has 8 heteroatoms. The maximum Gasteiger partial charge on any atom is 0.222 e. The van der Waals surface area contributed by atoms with Crippen molar-refractivity contribution < 1.29 is 14.7 Å². The molecule has 1 fully saturated rings. The summed E-state index contributed by atoms with van der Waals surface area (Å²) in [6.07, 6.45) is 12.9. The first-order chi connectivity index (χ1) is 18.4.